The number of esters is 1. The van der Waals surface area contributed by atoms with Crippen molar-refractivity contribution in [3.8, 4) is 11.5 Å². The van der Waals surface area contributed by atoms with Crippen molar-refractivity contribution in [1.82, 2.24) is 0 Å². The topological polar surface area (TPSA) is 81.8 Å². The molecule has 88 valence electrons. The molecule has 0 spiro atoms. The first kappa shape index (κ1) is 12.3. The fraction of sp³-hybridized carbons (Fsp3) is 0.364. The molecule has 0 aliphatic carbocycles. The lowest BCUT2D eigenvalue weighted by atomic mass is 10.0. The summed E-state index contributed by atoms with van der Waals surface area (Å²) in [4.78, 5) is 11.0. The lowest BCUT2D eigenvalue weighted by molar-refractivity contribution is -0.141. The molecule has 5 nitrogen and oxygen atoms in total. The van der Waals surface area contributed by atoms with E-state index in [9.17, 15) is 9.90 Å². The normalized spacial score (nSPS) is 11.9. The van der Waals surface area contributed by atoms with E-state index in [2.05, 4.69) is 4.74 Å². The van der Waals surface area contributed by atoms with E-state index in [0.717, 1.165) is 0 Å². The Labute approximate surface area is 93.8 Å². The fourth-order valence-electron chi connectivity index (χ4n) is 1.33. The molecule has 0 amide bonds. The fourth-order valence-corrected chi connectivity index (χ4v) is 1.33. The van der Waals surface area contributed by atoms with Crippen molar-refractivity contribution in [3.63, 3.8) is 0 Å². The van der Waals surface area contributed by atoms with Gasteiger partial charge in [0.05, 0.1) is 20.6 Å². The van der Waals surface area contributed by atoms with Gasteiger partial charge in [-0.15, -0.1) is 0 Å². The molecule has 0 radical (unpaired) electrons. The van der Waals surface area contributed by atoms with Crippen LogP contribution in [0.5, 0.6) is 11.5 Å². The maximum absolute atomic E-state index is 11.0. The van der Waals surface area contributed by atoms with Crippen molar-refractivity contribution in [3.05, 3.63) is 23.8 Å². The molecule has 0 saturated carbocycles. The van der Waals surface area contributed by atoms with E-state index in [0.29, 0.717) is 11.3 Å². The van der Waals surface area contributed by atoms with Crippen LogP contribution >= 0.6 is 0 Å². The molecule has 0 fully saturated rings. The molecule has 0 bridgehead atoms. The molecule has 1 atom stereocenters. The predicted molar refractivity (Wildman–Crippen MR) is 58.2 cm³/mol. The molecule has 0 saturated heterocycles. The summed E-state index contributed by atoms with van der Waals surface area (Å²) in [5, 5.41) is 9.60. The third kappa shape index (κ3) is 2.87. The van der Waals surface area contributed by atoms with Crippen LogP contribution in [0, 0.1) is 0 Å². The first-order valence-electron chi connectivity index (χ1n) is 4.77. The van der Waals surface area contributed by atoms with E-state index >= 15 is 0 Å². The first-order valence-corrected chi connectivity index (χ1v) is 4.77. The predicted octanol–water partition coefficient (Wildman–Crippen LogP) is 0.964. The smallest absolute Gasteiger partial charge is 0.307 e. The zero-order chi connectivity index (χ0) is 12.1. The Morgan fingerprint density at radius 1 is 1.50 bits per heavy atom. The van der Waals surface area contributed by atoms with E-state index in [-0.39, 0.29) is 12.2 Å². The van der Waals surface area contributed by atoms with Gasteiger partial charge in [0.2, 0.25) is 0 Å². The van der Waals surface area contributed by atoms with Crippen LogP contribution in [0.1, 0.15) is 18.0 Å². The van der Waals surface area contributed by atoms with Gasteiger partial charge in [-0.05, 0) is 18.2 Å². The summed E-state index contributed by atoms with van der Waals surface area (Å²) < 4.78 is 9.52. The van der Waals surface area contributed by atoms with E-state index < -0.39 is 12.0 Å². The summed E-state index contributed by atoms with van der Waals surface area (Å²) in [5.74, 6) is 0.194. The van der Waals surface area contributed by atoms with Crippen LogP contribution in [0.3, 0.4) is 0 Å². The second-order valence-corrected chi connectivity index (χ2v) is 3.31. The van der Waals surface area contributed by atoms with E-state index in [1.807, 2.05) is 0 Å². The highest BCUT2D eigenvalue weighted by molar-refractivity contribution is 5.70. The minimum atomic E-state index is -0.609. The molecule has 1 rings (SSSR count). The first-order chi connectivity index (χ1) is 7.58. The van der Waals surface area contributed by atoms with Crippen LogP contribution in [-0.4, -0.2) is 25.3 Å². The number of benzene rings is 1. The Morgan fingerprint density at radius 3 is 2.75 bits per heavy atom. The summed E-state index contributed by atoms with van der Waals surface area (Å²) >= 11 is 0. The van der Waals surface area contributed by atoms with E-state index in [4.69, 9.17) is 10.5 Å². The minimum Gasteiger partial charge on any atom is -0.508 e. The number of methoxy groups -OCH3 is 2. The summed E-state index contributed by atoms with van der Waals surface area (Å²) in [7, 11) is 2.81. The number of aromatic hydroxyl groups is 1. The molecule has 3 N–H and O–H groups in total. The highest BCUT2D eigenvalue weighted by Crippen LogP contribution is 2.28. The van der Waals surface area contributed by atoms with Crippen molar-refractivity contribution in [2.45, 2.75) is 12.5 Å². The Bertz CT molecular complexity index is 378. The van der Waals surface area contributed by atoms with Gasteiger partial charge in [-0.25, -0.2) is 0 Å². The van der Waals surface area contributed by atoms with E-state index in [1.54, 1.807) is 12.1 Å². The molecule has 1 aromatic carbocycles. The zero-order valence-electron chi connectivity index (χ0n) is 9.27. The van der Waals surface area contributed by atoms with Crippen molar-refractivity contribution in [1.29, 1.82) is 0 Å². The second-order valence-electron chi connectivity index (χ2n) is 3.31. The molecule has 5 heteroatoms. The number of rotatable bonds is 4. The number of hydrogen-bond donors (Lipinski definition) is 2. The van der Waals surface area contributed by atoms with Crippen molar-refractivity contribution >= 4 is 5.97 Å². The largest absolute Gasteiger partial charge is 0.508 e. The molecule has 0 aromatic heterocycles. The molecule has 0 aliphatic heterocycles. The van der Waals surface area contributed by atoms with Crippen molar-refractivity contribution in [2.75, 3.05) is 14.2 Å². The highest BCUT2D eigenvalue weighted by Gasteiger charge is 2.16. The molecular formula is C11H15NO4. The lowest BCUT2D eigenvalue weighted by Gasteiger charge is -2.13. The van der Waals surface area contributed by atoms with Crippen LogP contribution in [-0.2, 0) is 9.53 Å². The van der Waals surface area contributed by atoms with Gasteiger partial charge in [-0.3, -0.25) is 4.79 Å². The second kappa shape index (κ2) is 5.37. The van der Waals surface area contributed by atoms with Crippen LogP contribution < -0.4 is 10.5 Å². The number of carbonyl (C=O) groups is 1. The Balaban J connectivity index is 2.88. The third-order valence-electron chi connectivity index (χ3n) is 2.25. The molecule has 0 unspecified atom stereocenters. The van der Waals surface area contributed by atoms with Gasteiger partial charge in [0.1, 0.15) is 11.5 Å². The Morgan fingerprint density at radius 2 is 2.19 bits per heavy atom. The highest BCUT2D eigenvalue weighted by atomic mass is 16.5. The van der Waals surface area contributed by atoms with Crippen LogP contribution in [0.25, 0.3) is 0 Å². The molecule has 0 aliphatic rings. The summed E-state index contributed by atoms with van der Waals surface area (Å²) in [6.45, 7) is 0. The molecule has 16 heavy (non-hydrogen) atoms. The van der Waals surface area contributed by atoms with E-state index in [1.165, 1.54) is 20.3 Å². The number of nitrogens with two attached hydrogens (primary N) is 1. The number of hydrogen-bond acceptors (Lipinski definition) is 5. The van der Waals surface area contributed by atoms with Crippen molar-refractivity contribution < 1.29 is 19.4 Å². The quantitative estimate of drug-likeness (QED) is 0.746. The zero-order valence-corrected chi connectivity index (χ0v) is 9.27. The van der Waals surface area contributed by atoms with Gasteiger partial charge in [0.15, 0.2) is 0 Å². The maximum Gasteiger partial charge on any atom is 0.307 e. The van der Waals surface area contributed by atoms with Gasteiger partial charge in [-0.1, -0.05) is 0 Å². The summed E-state index contributed by atoms with van der Waals surface area (Å²) in [6, 6.07) is 4.08. The van der Waals surface area contributed by atoms with Crippen molar-refractivity contribution in [2.24, 2.45) is 5.73 Å². The Hall–Kier alpha value is -1.75. The number of phenolic OH excluding ortho intramolecular Hbond substituents is 1. The van der Waals surface area contributed by atoms with Gasteiger partial charge < -0.3 is 20.3 Å². The molecule has 0 heterocycles. The Kier molecular flexibility index (Phi) is 4.13. The summed E-state index contributed by atoms with van der Waals surface area (Å²) in [5.41, 5.74) is 6.24. The average molecular weight is 225 g/mol. The maximum atomic E-state index is 11.0. The lowest BCUT2D eigenvalue weighted by Crippen LogP contribution is -2.16. The number of ether oxygens (including phenoxy) is 2. The van der Waals surface area contributed by atoms with Gasteiger partial charge in [0, 0.05) is 11.6 Å². The monoisotopic (exact) mass is 225 g/mol. The number of phenols is 1. The molecular weight excluding hydrogens is 210 g/mol. The van der Waals surface area contributed by atoms with Gasteiger partial charge in [-0.2, -0.15) is 0 Å². The van der Waals surface area contributed by atoms with Gasteiger partial charge in [0.25, 0.3) is 0 Å². The van der Waals surface area contributed by atoms with Crippen LogP contribution in [0.4, 0.5) is 0 Å². The molecule has 1 aromatic rings. The average Bonchev–Trinajstić information content (AvgIpc) is 2.29. The minimum absolute atomic E-state index is 0.0111. The standard InChI is InChI=1S/C11H15NO4/c1-15-7-3-4-10(13)8(5-7)9(12)6-11(14)16-2/h3-5,9,13H,6,12H2,1-2H3/t9-/m1/s1. The third-order valence-corrected chi connectivity index (χ3v) is 2.25. The van der Waals surface area contributed by atoms with Crippen LogP contribution in [0.15, 0.2) is 18.2 Å². The SMILES string of the molecule is COC(=O)C[C@@H](N)c1cc(OC)ccc1O. The number of carbonyl (C=O) groups excluding carboxylic acids is 1. The van der Waals surface area contributed by atoms with Crippen LogP contribution in [0.2, 0.25) is 0 Å². The summed E-state index contributed by atoms with van der Waals surface area (Å²) in [6.07, 6.45) is 0.0111. The van der Waals surface area contributed by atoms with Gasteiger partial charge >= 0.3 is 5.97 Å².